The predicted octanol–water partition coefficient (Wildman–Crippen LogP) is 26.7. The molecule has 0 saturated carbocycles. The van der Waals surface area contributed by atoms with E-state index in [1.54, 1.807) is 0 Å². The lowest BCUT2D eigenvalue weighted by atomic mass is 10.0. The van der Waals surface area contributed by atoms with Crippen LogP contribution in [-0.2, 0) is 32.7 Å². The van der Waals surface area contributed by atoms with Crippen LogP contribution in [0.1, 0.15) is 412 Å². The van der Waals surface area contributed by atoms with E-state index in [-0.39, 0.29) is 25.6 Å². The van der Waals surface area contributed by atoms with Gasteiger partial charge in [0, 0.05) is 12.8 Å². The number of hydrogen-bond donors (Lipinski definition) is 1. The van der Waals surface area contributed by atoms with Crippen molar-refractivity contribution in [1.82, 2.24) is 0 Å². The molecule has 0 fully saturated rings. The highest BCUT2D eigenvalue weighted by atomic mass is 31.2. The normalized spacial score (nSPS) is 13.2. The topological polar surface area (TPSA) is 108 Å². The third-order valence-corrected chi connectivity index (χ3v) is 19.3. The van der Waals surface area contributed by atoms with Gasteiger partial charge in [-0.25, -0.2) is 4.57 Å². The number of unbranched alkanes of at least 4 members (excludes halogenated alkanes) is 54. The van der Waals surface area contributed by atoms with Crippen molar-refractivity contribution in [2.24, 2.45) is 0 Å². The lowest BCUT2D eigenvalue weighted by Crippen LogP contribution is -2.37. The summed E-state index contributed by atoms with van der Waals surface area (Å²) in [6, 6.07) is 0. The van der Waals surface area contributed by atoms with Gasteiger partial charge in [0.15, 0.2) is 6.10 Å². The van der Waals surface area contributed by atoms with Crippen LogP contribution in [0.2, 0.25) is 0 Å². The van der Waals surface area contributed by atoms with Crippen LogP contribution in [-0.4, -0.2) is 74.9 Å². The van der Waals surface area contributed by atoms with E-state index >= 15 is 0 Å². The number of phosphoric ester groups is 1. The van der Waals surface area contributed by atoms with Gasteiger partial charge >= 0.3 is 19.8 Å². The van der Waals surface area contributed by atoms with Crippen molar-refractivity contribution >= 4 is 19.8 Å². The Hall–Kier alpha value is -2.03. The van der Waals surface area contributed by atoms with Crippen LogP contribution >= 0.6 is 7.82 Å². The molecule has 0 bridgehead atoms. The average Bonchev–Trinajstić information content (AvgIpc) is 2.23. The number of phosphoric acid groups is 1. The van der Waals surface area contributed by atoms with Crippen LogP contribution in [0.25, 0.3) is 0 Å². The van der Waals surface area contributed by atoms with Crippen LogP contribution in [0.3, 0.4) is 0 Å². The Morgan fingerprint density at radius 1 is 0.337 bits per heavy atom. The average molecular weight is 1320 g/mol. The maximum absolute atomic E-state index is 12.9. The molecule has 0 radical (unpaired) electrons. The minimum Gasteiger partial charge on any atom is -0.462 e. The van der Waals surface area contributed by atoms with Gasteiger partial charge in [-0.3, -0.25) is 18.6 Å². The molecule has 0 aliphatic heterocycles. The monoisotopic (exact) mass is 1320 g/mol. The molecule has 0 aromatic heterocycles. The van der Waals surface area contributed by atoms with E-state index in [0.29, 0.717) is 23.9 Å². The predicted molar refractivity (Wildman–Crippen MR) is 400 cm³/mol. The number of esters is 2. The second-order valence-corrected chi connectivity index (χ2v) is 30.3. The largest absolute Gasteiger partial charge is 0.472 e. The van der Waals surface area contributed by atoms with Crippen LogP contribution in [0.4, 0.5) is 0 Å². The quantitative estimate of drug-likeness (QED) is 0.0211. The summed E-state index contributed by atoms with van der Waals surface area (Å²) in [5.74, 6) is -0.774. The zero-order chi connectivity index (χ0) is 66.9. The van der Waals surface area contributed by atoms with E-state index in [0.717, 1.165) is 44.9 Å². The number of ether oxygens (including phenoxy) is 2. The van der Waals surface area contributed by atoms with Crippen molar-refractivity contribution in [3.05, 3.63) is 48.6 Å². The summed E-state index contributed by atoms with van der Waals surface area (Å²) >= 11 is 0. The molecule has 9 nitrogen and oxygen atoms in total. The van der Waals surface area contributed by atoms with Crippen molar-refractivity contribution in [3.8, 4) is 0 Å². The van der Waals surface area contributed by atoms with Gasteiger partial charge in [-0.15, -0.1) is 0 Å². The Balaban J connectivity index is 3.88. The Morgan fingerprint density at radius 2 is 0.587 bits per heavy atom. The molecule has 0 heterocycles. The standard InChI is InChI=1S/C82H156NO8P/c1-6-8-10-12-14-16-18-20-22-24-26-28-30-32-34-35-36-37-38-39-40-41-42-43-44-45-46-47-49-51-53-55-57-59-61-63-65-67-69-71-73-75-82(85)91-80(79-90-92(86,87)89-77-76-83(3,4)5)78-88-81(84)74-72-70-68-66-64-62-60-58-56-54-52-50-48-33-31-29-27-25-23-21-19-17-15-13-11-9-7-2/h18-21,24-27,80H,6-17,22-23,28-79H2,1-5H3/p+1/b20-18-,21-19-,26-24-,27-25-. The van der Waals surface area contributed by atoms with Crippen molar-refractivity contribution < 1.29 is 42.1 Å². The van der Waals surface area contributed by atoms with Gasteiger partial charge in [0.1, 0.15) is 19.8 Å². The third kappa shape index (κ3) is 77.0. The lowest BCUT2D eigenvalue weighted by Gasteiger charge is -2.24. The van der Waals surface area contributed by atoms with Crippen molar-refractivity contribution in [1.29, 1.82) is 0 Å². The maximum Gasteiger partial charge on any atom is 0.472 e. The number of hydrogen-bond acceptors (Lipinski definition) is 7. The highest BCUT2D eigenvalue weighted by Gasteiger charge is 2.27. The van der Waals surface area contributed by atoms with Crippen molar-refractivity contribution in [2.75, 3.05) is 47.5 Å². The Bertz CT molecular complexity index is 1690. The summed E-state index contributed by atoms with van der Waals surface area (Å²) in [4.78, 5) is 36.0. The Labute approximate surface area is 573 Å². The molecule has 92 heavy (non-hydrogen) atoms. The van der Waals surface area contributed by atoms with Crippen LogP contribution in [0.15, 0.2) is 48.6 Å². The fourth-order valence-electron chi connectivity index (χ4n) is 12.1. The van der Waals surface area contributed by atoms with Gasteiger partial charge < -0.3 is 18.9 Å². The van der Waals surface area contributed by atoms with Crippen LogP contribution in [0, 0.1) is 0 Å². The zero-order valence-corrected chi connectivity index (χ0v) is 63.0. The molecule has 542 valence electrons. The number of carbonyl (C=O) groups excluding carboxylic acids is 2. The number of likely N-dealkylation sites (N-methyl/N-ethyl adjacent to an activating group) is 1. The summed E-state index contributed by atoms with van der Waals surface area (Å²) < 4.78 is 34.8. The molecule has 0 saturated heterocycles. The summed E-state index contributed by atoms with van der Waals surface area (Å²) in [7, 11) is 1.50. The minimum absolute atomic E-state index is 0.0343. The Kier molecular flexibility index (Phi) is 71.6. The van der Waals surface area contributed by atoms with E-state index < -0.39 is 26.5 Å². The minimum atomic E-state index is -4.39. The second-order valence-electron chi connectivity index (χ2n) is 28.8. The molecular formula is C82H157NO8P+. The van der Waals surface area contributed by atoms with Gasteiger partial charge in [0.25, 0.3) is 0 Å². The smallest absolute Gasteiger partial charge is 0.462 e. The fraction of sp³-hybridized carbons (Fsp3) is 0.878. The van der Waals surface area contributed by atoms with E-state index in [1.807, 2.05) is 21.1 Å². The van der Waals surface area contributed by atoms with E-state index in [4.69, 9.17) is 18.5 Å². The van der Waals surface area contributed by atoms with Crippen LogP contribution < -0.4 is 0 Å². The molecule has 0 aromatic rings. The fourth-order valence-corrected chi connectivity index (χ4v) is 12.9. The van der Waals surface area contributed by atoms with E-state index in [1.165, 1.54) is 334 Å². The van der Waals surface area contributed by atoms with Gasteiger partial charge in [0.05, 0.1) is 27.7 Å². The molecule has 0 aliphatic rings. The highest BCUT2D eigenvalue weighted by Crippen LogP contribution is 2.43. The summed E-state index contributed by atoms with van der Waals surface area (Å²) in [6.45, 7) is 4.49. The lowest BCUT2D eigenvalue weighted by molar-refractivity contribution is -0.870. The molecule has 0 aliphatic carbocycles. The summed E-state index contributed by atoms with van der Waals surface area (Å²) in [5, 5.41) is 0. The molecule has 1 N–H and O–H groups in total. The van der Waals surface area contributed by atoms with Gasteiger partial charge in [-0.05, 0) is 77.0 Å². The first-order valence-corrected chi connectivity index (χ1v) is 41.9. The number of carbonyl (C=O) groups is 2. The first-order valence-electron chi connectivity index (χ1n) is 40.4. The summed E-state index contributed by atoms with van der Waals surface area (Å²) in [6.07, 6.45) is 97.0. The second kappa shape index (κ2) is 73.2. The first kappa shape index (κ1) is 90.0. The summed E-state index contributed by atoms with van der Waals surface area (Å²) in [5.41, 5.74) is 0. The van der Waals surface area contributed by atoms with E-state index in [2.05, 4.69) is 62.5 Å². The van der Waals surface area contributed by atoms with Crippen LogP contribution in [0.5, 0.6) is 0 Å². The molecule has 0 amide bonds. The van der Waals surface area contributed by atoms with Crippen molar-refractivity contribution in [3.63, 3.8) is 0 Å². The molecule has 0 rings (SSSR count). The van der Waals surface area contributed by atoms with E-state index in [9.17, 15) is 19.0 Å². The van der Waals surface area contributed by atoms with Gasteiger partial charge in [-0.2, -0.15) is 0 Å². The third-order valence-electron chi connectivity index (χ3n) is 18.3. The first-order chi connectivity index (χ1) is 45.0. The molecule has 2 unspecified atom stereocenters. The number of rotatable bonds is 76. The molecule has 10 heteroatoms. The molecule has 2 atom stereocenters. The zero-order valence-electron chi connectivity index (χ0n) is 62.1. The van der Waals surface area contributed by atoms with Crippen molar-refractivity contribution in [2.45, 2.75) is 418 Å². The molecule has 0 aromatic carbocycles. The Morgan fingerprint density at radius 3 is 0.859 bits per heavy atom. The molecule has 0 spiro atoms. The maximum atomic E-state index is 12.9. The highest BCUT2D eigenvalue weighted by molar-refractivity contribution is 7.47. The van der Waals surface area contributed by atoms with Gasteiger partial charge in [-0.1, -0.05) is 371 Å². The SMILES string of the molecule is CCCCCCC/C=C\C/C=C\CCCCCCCCCCCCCCCCCCCCCCCCCCCCCCCC(=O)OC(COC(=O)CCCCCCCCCCCCCCCCC/C=C\C/C=C\CCCCCCC)COP(=O)(O)OCC[N+](C)(C)C. The molecular weight excluding hydrogens is 1160 g/mol. The van der Waals surface area contributed by atoms with Gasteiger partial charge in [0.2, 0.25) is 0 Å². The number of allylic oxidation sites excluding steroid dienone is 8. The number of nitrogens with zero attached hydrogens (tertiary/aromatic N) is 1. The number of quaternary nitrogens is 1.